The smallest absolute Gasteiger partial charge is 0.191 e. The van der Waals surface area contributed by atoms with Crippen LogP contribution in [0.1, 0.15) is 18.1 Å². The number of rotatable bonds is 9. The molecule has 6 heteroatoms. The molecule has 0 fully saturated rings. The lowest BCUT2D eigenvalue weighted by atomic mass is 10.1. The Morgan fingerprint density at radius 3 is 2.74 bits per heavy atom. The van der Waals surface area contributed by atoms with Crippen molar-refractivity contribution in [3.8, 4) is 5.75 Å². The Balaban J connectivity index is 0.00000484. The molecule has 0 aromatic heterocycles. The molecule has 0 saturated heterocycles. The van der Waals surface area contributed by atoms with E-state index in [0.29, 0.717) is 26.3 Å². The van der Waals surface area contributed by atoms with Crippen LogP contribution in [0.25, 0.3) is 0 Å². The molecule has 0 aliphatic carbocycles. The van der Waals surface area contributed by atoms with Gasteiger partial charge in [0.25, 0.3) is 0 Å². The summed E-state index contributed by atoms with van der Waals surface area (Å²) in [6.07, 6.45) is 1.80. The molecule has 2 N–H and O–H groups in total. The molecule has 0 spiro atoms. The number of benzene rings is 1. The van der Waals surface area contributed by atoms with E-state index in [0.717, 1.165) is 29.4 Å². The molecule has 1 aromatic carbocycles. The molecule has 5 nitrogen and oxygen atoms in total. The van der Waals surface area contributed by atoms with Gasteiger partial charge in [-0.2, -0.15) is 0 Å². The summed E-state index contributed by atoms with van der Waals surface area (Å²) in [5, 5.41) is 6.38. The van der Waals surface area contributed by atoms with Crippen LogP contribution in [0.3, 0.4) is 0 Å². The lowest BCUT2D eigenvalue weighted by molar-refractivity contribution is 0.146. The third kappa shape index (κ3) is 8.80. The lowest BCUT2D eigenvalue weighted by Gasteiger charge is -2.13. The molecule has 1 aromatic rings. The van der Waals surface area contributed by atoms with E-state index in [1.54, 1.807) is 13.2 Å². The number of nitrogens with zero attached hydrogens (tertiary/aromatic N) is 1. The molecule has 130 valence electrons. The van der Waals surface area contributed by atoms with Crippen molar-refractivity contribution in [2.75, 3.05) is 33.4 Å². The fraction of sp³-hybridized carbons (Fsp3) is 0.471. The maximum Gasteiger partial charge on any atom is 0.191 e. The summed E-state index contributed by atoms with van der Waals surface area (Å²) in [4.78, 5) is 4.58. The molecule has 0 saturated carbocycles. The zero-order valence-electron chi connectivity index (χ0n) is 14.2. The third-order valence-electron chi connectivity index (χ3n) is 2.93. The topological polar surface area (TPSA) is 54.9 Å². The fourth-order valence-corrected chi connectivity index (χ4v) is 1.84. The number of halogens is 1. The second-order valence-corrected chi connectivity index (χ2v) is 4.82. The van der Waals surface area contributed by atoms with E-state index >= 15 is 0 Å². The molecule has 0 amide bonds. The zero-order chi connectivity index (χ0) is 16.2. The Hall–Kier alpha value is -1.28. The van der Waals surface area contributed by atoms with Crippen molar-refractivity contribution in [1.29, 1.82) is 0 Å². The Kier molecular flexibility index (Phi) is 12.5. The van der Waals surface area contributed by atoms with Gasteiger partial charge in [-0.1, -0.05) is 18.2 Å². The molecule has 23 heavy (non-hydrogen) atoms. The van der Waals surface area contributed by atoms with Crippen LogP contribution in [-0.4, -0.2) is 39.4 Å². The molecule has 0 heterocycles. The Labute approximate surface area is 156 Å². The summed E-state index contributed by atoms with van der Waals surface area (Å²) in [7, 11) is 1.67. The van der Waals surface area contributed by atoms with Crippen molar-refractivity contribution < 1.29 is 9.47 Å². The molecule has 0 aliphatic rings. The minimum atomic E-state index is 0. The van der Waals surface area contributed by atoms with E-state index in [2.05, 4.69) is 34.3 Å². The normalized spacial score (nSPS) is 10.7. The van der Waals surface area contributed by atoms with Gasteiger partial charge in [-0.15, -0.1) is 30.6 Å². The minimum absolute atomic E-state index is 0. The van der Waals surface area contributed by atoms with Crippen molar-refractivity contribution in [2.24, 2.45) is 4.99 Å². The average molecular weight is 433 g/mol. The number of aryl methyl sites for hydroxylation is 1. The minimum Gasteiger partial charge on any atom is -0.491 e. The second kappa shape index (κ2) is 13.2. The Bertz CT molecular complexity index is 493. The number of hydrogen-bond donors (Lipinski definition) is 2. The molecule has 0 aliphatic heterocycles. The van der Waals surface area contributed by atoms with E-state index in [1.807, 2.05) is 19.9 Å². The molecule has 0 atom stereocenters. The van der Waals surface area contributed by atoms with Gasteiger partial charge in [0.15, 0.2) is 5.96 Å². The molecule has 0 unspecified atom stereocenters. The number of hydrogen-bond acceptors (Lipinski definition) is 3. The number of nitrogens with one attached hydrogen (secondary N) is 2. The first-order chi connectivity index (χ1) is 10.7. The maximum atomic E-state index is 5.78. The SMILES string of the molecule is C=CCNC(=NCc1ccc(C)cc1OCCOC)NCC.I. The summed E-state index contributed by atoms with van der Waals surface area (Å²) >= 11 is 0. The summed E-state index contributed by atoms with van der Waals surface area (Å²) in [5.74, 6) is 1.63. The van der Waals surface area contributed by atoms with Crippen LogP contribution >= 0.6 is 24.0 Å². The Morgan fingerprint density at radius 1 is 1.30 bits per heavy atom. The predicted octanol–water partition coefficient (Wildman–Crippen LogP) is 2.88. The van der Waals surface area contributed by atoms with Gasteiger partial charge in [0.1, 0.15) is 12.4 Å². The molecule has 0 bridgehead atoms. The van der Waals surface area contributed by atoms with Crippen molar-refractivity contribution in [3.05, 3.63) is 42.0 Å². The van der Waals surface area contributed by atoms with Crippen LogP contribution < -0.4 is 15.4 Å². The number of guanidine groups is 1. The van der Waals surface area contributed by atoms with Crippen LogP contribution in [0.5, 0.6) is 5.75 Å². The molecule has 0 radical (unpaired) electrons. The number of aliphatic imine (C=N–C) groups is 1. The van der Waals surface area contributed by atoms with Gasteiger partial charge in [-0.05, 0) is 25.5 Å². The summed E-state index contributed by atoms with van der Waals surface area (Å²) < 4.78 is 10.8. The van der Waals surface area contributed by atoms with Crippen molar-refractivity contribution in [3.63, 3.8) is 0 Å². The quantitative estimate of drug-likeness (QED) is 0.207. The van der Waals surface area contributed by atoms with Gasteiger partial charge in [0, 0.05) is 25.8 Å². The average Bonchev–Trinajstić information content (AvgIpc) is 2.51. The summed E-state index contributed by atoms with van der Waals surface area (Å²) in [5.41, 5.74) is 2.22. The van der Waals surface area contributed by atoms with E-state index in [4.69, 9.17) is 9.47 Å². The van der Waals surface area contributed by atoms with Crippen LogP contribution in [0.2, 0.25) is 0 Å². The van der Waals surface area contributed by atoms with Gasteiger partial charge in [0.2, 0.25) is 0 Å². The monoisotopic (exact) mass is 433 g/mol. The highest BCUT2D eigenvalue weighted by molar-refractivity contribution is 14.0. The largest absolute Gasteiger partial charge is 0.491 e. The van der Waals surface area contributed by atoms with Crippen LogP contribution in [0, 0.1) is 6.92 Å². The van der Waals surface area contributed by atoms with Gasteiger partial charge >= 0.3 is 0 Å². The van der Waals surface area contributed by atoms with Crippen molar-refractivity contribution in [2.45, 2.75) is 20.4 Å². The molecular formula is C17H28IN3O2. The first-order valence-electron chi connectivity index (χ1n) is 7.55. The third-order valence-corrected chi connectivity index (χ3v) is 2.93. The predicted molar refractivity (Wildman–Crippen MR) is 107 cm³/mol. The van der Waals surface area contributed by atoms with E-state index < -0.39 is 0 Å². The van der Waals surface area contributed by atoms with Gasteiger partial charge in [0.05, 0.1) is 13.2 Å². The zero-order valence-corrected chi connectivity index (χ0v) is 16.6. The standard InChI is InChI=1S/C17H27N3O2.HI/c1-5-9-19-17(18-6-2)20-13-15-8-7-14(3)12-16(15)22-11-10-21-4;/h5,7-8,12H,1,6,9-11,13H2,2-4H3,(H2,18,19,20);1H. The highest BCUT2D eigenvalue weighted by Gasteiger charge is 2.05. The van der Waals surface area contributed by atoms with E-state index in [-0.39, 0.29) is 24.0 Å². The Morgan fingerprint density at radius 2 is 2.09 bits per heavy atom. The van der Waals surface area contributed by atoms with Crippen LogP contribution in [0.4, 0.5) is 0 Å². The van der Waals surface area contributed by atoms with Crippen LogP contribution in [0.15, 0.2) is 35.8 Å². The number of ether oxygens (including phenoxy) is 2. The van der Waals surface area contributed by atoms with Crippen molar-refractivity contribution in [1.82, 2.24) is 10.6 Å². The van der Waals surface area contributed by atoms with Crippen LogP contribution in [-0.2, 0) is 11.3 Å². The van der Waals surface area contributed by atoms with E-state index in [9.17, 15) is 0 Å². The summed E-state index contributed by atoms with van der Waals surface area (Å²) in [6, 6.07) is 6.15. The van der Waals surface area contributed by atoms with Gasteiger partial charge < -0.3 is 20.1 Å². The molecular weight excluding hydrogens is 405 g/mol. The first-order valence-corrected chi connectivity index (χ1v) is 7.55. The maximum absolute atomic E-state index is 5.78. The van der Waals surface area contributed by atoms with Gasteiger partial charge in [-0.25, -0.2) is 4.99 Å². The summed E-state index contributed by atoms with van der Waals surface area (Å²) in [6.45, 7) is 10.9. The lowest BCUT2D eigenvalue weighted by Crippen LogP contribution is -2.37. The van der Waals surface area contributed by atoms with Crippen molar-refractivity contribution >= 4 is 29.9 Å². The first kappa shape index (κ1) is 21.7. The second-order valence-electron chi connectivity index (χ2n) is 4.82. The van der Waals surface area contributed by atoms with Gasteiger partial charge in [-0.3, -0.25) is 0 Å². The fourth-order valence-electron chi connectivity index (χ4n) is 1.84. The molecule has 1 rings (SSSR count). The highest BCUT2D eigenvalue weighted by Crippen LogP contribution is 2.21. The highest BCUT2D eigenvalue weighted by atomic mass is 127. The number of methoxy groups -OCH3 is 1. The van der Waals surface area contributed by atoms with E-state index in [1.165, 1.54) is 0 Å².